The highest BCUT2D eigenvalue weighted by atomic mass is 32.2. The van der Waals surface area contributed by atoms with Crippen LogP contribution in [-0.2, 0) is 16.4 Å². The van der Waals surface area contributed by atoms with E-state index >= 15 is 0 Å². The van der Waals surface area contributed by atoms with E-state index in [-0.39, 0.29) is 22.1 Å². The fourth-order valence-corrected chi connectivity index (χ4v) is 5.69. The summed E-state index contributed by atoms with van der Waals surface area (Å²) in [4.78, 5) is 26.1. The van der Waals surface area contributed by atoms with Crippen molar-refractivity contribution >= 4 is 27.5 Å². The molecule has 4 rings (SSSR count). The van der Waals surface area contributed by atoms with Crippen LogP contribution in [0.2, 0.25) is 0 Å². The smallest absolute Gasteiger partial charge is 0.259 e. The number of nitrogens with one attached hydrogen (secondary N) is 2. The number of rotatable bonds is 9. The van der Waals surface area contributed by atoms with Gasteiger partial charge in [0, 0.05) is 19.6 Å². The average molecular weight is 508 g/mol. The molecule has 0 spiro atoms. The molecule has 9 heteroatoms. The van der Waals surface area contributed by atoms with Gasteiger partial charge in [0.15, 0.2) is 0 Å². The van der Waals surface area contributed by atoms with Gasteiger partial charge >= 0.3 is 0 Å². The van der Waals surface area contributed by atoms with Crippen molar-refractivity contribution in [3.63, 3.8) is 0 Å². The first-order valence-corrected chi connectivity index (χ1v) is 13.2. The first-order chi connectivity index (χ1) is 17.4. The molecule has 0 unspecified atom stereocenters. The van der Waals surface area contributed by atoms with Crippen LogP contribution in [0.4, 0.5) is 5.69 Å². The molecule has 1 aliphatic rings. The molecule has 36 heavy (non-hydrogen) atoms. The Morgan fingerprint density at radius 2 is 1.58 bits per heavy atom. The maximum absolute atomic E-state index is 13.2. The molecule has 0 aliphatic carbocycles. The number of nitrogens with zero attached hydrogens (tertiary/aromatic N) is 1. The summed E-state index contributed by atoms with van der Waals surface area (Å²) in [6, 6.07) is 20.7. The maximum atomic E-state index is 13.2. The number of sulfonamides is 1. The summed E-state index contributed by atoms with van der Waals surface area (Å²) in [6.45, 7) is 1.36. The van der Waals surface area contributed by atoms with Crippen LogP contribution in [0.25, 0.3) is 0 Å². The number of methoxy groups -OCH3 is 1. The topological polar surface area (TPSA) is 105 Å². The van der Waals surface area contributed by atoms with E-state index in [1.807, 2.05) is 30.3 Å². The third-order valence-electron chi connectivity index (χ3n) is 6.08. The second kappa shape index (κ2) is 11.4. The fourth-order valence-electron chi connectivity index (χ4n) is 4.14. The molecular weight excluding hydrogens is 478 g/mol. The predicted molar refractivity (Wildman–Crippen MR) is 138 cm³/mol. The van der Waals surface area contributed by atoms with Gasteiger partial charge < -0.3 is 15.4 Å². The van der Waals surface area contributed by atoms with Crippen molar-refractivity contribution in [1.82, 2.24) is 9.62 Å². The van der Waals surface area contributed by atoms with E-state index in [4.69, 9.17) is 4.74 Å². The van der Waals surface area contributed by atoms with Crippen molar-refractivity contribution < 1.29 is 22.7 Å². The molecule has 1 heterocycles. The van der Waals surface area contributed by atoms with Gasteiger partial charge in [-0.15, -0.1) is 0 Å². The van der Waals surface area contributed by atoms with Gasteiger partial charge in [-0.3, -0.25) is 9.59 Å². The van der Waals surface area contributed by atoms with Crippen molar-refractivity contribution in [1.29, 1.82) is 0 Å². The third-order valence-corrected chi connectivity index (χ3v) is 7.97. The first-order valence-electron chi connectivity index (χ1n) is 11.8. The van der Waals surface area contributed by atoms with Gasteiger partial charge in [-0.2, -0.15) is 4.31 Å². The number of carbonyl (C=O) groups is 2. The summed E-state index contributed by atoms with van der Waals surface area (Å²) in [7, 11) is -2.30. The van der Waals surface area contributed by atoms with Crippen LogP contribution in [0.5, 0.6) is 5.75 Å². The number of hydrogen-bond acceptors (Lipinski definition) is 5. The highest BCUT2D eigenvalue weighted by Gasteiger charge is 2.29. The quantitative estimate of drug-likeness (QED) is 0.460. The molecule has 2 amide bonds. The molecular formula is C27H29N3O5S. The van der Waals surface area contributed by atoms with Crippen LogP contribution in [0, 0.1) is 0 Å². The maximum Gasteiger partial charge on any atom is 0.259 e. The van der Waals surface area contributed by atoms with Crippen LogP contribution >= 0.6 is 0 Å². The lowest BCUT2D eigenvalue weighted by molar-refractivity contribution is 0.0955. The third kappa shape index (κ3) is 5.75. The molecule has 2 N–H and O–H groups in total. The zero-order valence-corrected chi connectivity index (χ0v) is 20.9. The Hall–Kier alpha value is -3.69. The Labute approximate surface area is 211 Å². The SMILES string of the molecule is COc1ccc(S(=O)(=O)N2CCCC2)cc1C(=O)Nc1ccccc1C(=O)NCCc1ccccc1. The average Bonchev–Trinajstić information content (AvgIpc) is 3.45. The lowest BCUT2D eigenvalue weighted by Gasteiger charge is -2.17. The highest BCUT2D eigenvalue weighted by molar-refractivity contribution is 7.89. The summed E-state index contributed by atoms with van der Waals surface area (Å²) in [5.41, 5.74) is 1.79. The predicted octanol–water partition coefficient (Wildman–Crippen LogP) is 3.70. The minimum absolute atomic E-state index is 0.0299. The number of hydrogen-bond donors (Lipinski definition) is 2. The monoisotopic (exact) mass is 507 g/mol. The molecule has 1 saturated heterocycles. The standard InChI is InChI=1S/C27H29N3O5S/c1-35-25-14-13-21(36(33,34)30-17-7-8-18-30)19-23(25)27(32)29-24-12-6-5-11-22(24)26(31)28-16-15-20-9-3-2-4-10-20/h2-6,9-14,19H,7-8,15-18H2,1H3,(H,28,31)(H,29,32). The van der Waals surface area contributed by atoms with E-state index in [0.717, 1.165) is 18.4 Å². The van der Waals surface area contributed by atoms with Gasteiger partial charge in [0.1, 0.15) is 5.75 Å². The highest BCUT2D eigenvalue weighted by Crippen LogP contribution is 2.27. The van der Waals surface area contributed by atoms with Crippen molar-refractivity contribution in [2.24, 2.45) is 0 Å². The van der Waals surface area contributed by atoms with Gasteiger partial charge in [0.05, 0.1) is 28.8 Å². The molecule has 188 valence electrons. The van der Waals surface area contributed by atoms with Crippen LogP contribution < -0.4 is 15.4 Å². The zero-order chi connectivity index (χ0) is 25.5. The number of ether oxygens (including phenoxy) is 1. The van der Waals surface area contributed by atoms with E-state index in [0.29, 0.717) is 37.3 Å². The molecule has 8 nitrogen and oxygen atoms in total. The Morgan fingerprint density at radius 3 is 2.31 bits per heavy atom. The normalized spacial score (nSPS) is 13.8. The molecule has 0 aromatic heterocycles. The van der Waals surface area contributed by atoms with Crippen LogP contribution in [0.15, 0.2) is 77.7 Å². The Bertz CT molecular complexity index is 1340. The van der Waals surface area contributed by atoms with Crippen molar-refractivity contribution in [3.05, 3.63) is 89.5 Å². The van der Waals surface area contributed by atoms with Crippen molar-refractivity contribution in [2.75, 3.05) is 32.1 Å². The first kappa shape index (κ1) is 25.4. The van der Waals surface area contributed by atoms with E-state index in [2.05, 4.69) is 10.6 Å². The molecule has 3 aromatic carbocycles. The largest absolute Gasteiger partial charge is 0.496 e. The Kier molecular flexibility index (Phi) is 8.02. The fraction of sp³-hybridized carbons (Fsp3) is 0.259. The molecule has 0 bridgehead atoms. The minimum atomic E-state index is -3.71. The molecule has 3 aromatic rings. The van der Waals surface area contributed by atoms with Gasteiger partial charge in [-0.05, 0) is 55.2 Å². The lowest BCUT2D eigenvalue weighted by Crippen LogP contribution is -2.28. The summed E-state index contributed by atoms with van der Waals surface area (Å²) in [6.07, 6.45) is 2.30. The van der Waals surface area contributed by atoms with Gasteiger partial charge in [-0.25, -0.2) is 8.42 Å². The Morgan fingerprint density at radius 1 is 0.889 bits per heavy atom. The number of carbonyl (C=O) groups excluding carboxylic acids is 2. The summed E-state index contributed by atoms with van der Waals surface area (Å²) >= 11 is 0. The van der Waals surface area contributed by atoms with E-state index < -0.39 is 15.9 Å². The van der Waals surface area contributed by atoms with Gasteiger partial charge in [-0.1, -0.05) is 42.5 Å². The van der Waals surface area contributed by atoms with E-state index in [1.54, 1.807) is 24.3 Å². The molecule has 0 atom stereocenters. The molecule has 0 saturated carbocycles. The zero-order valence-electron chi connectivity index (χ0n) is 20.1. The number of benzene rings is 3. The van der Waals surface area contributed by atoms with Crippen LogP contribution in [0.1, 0.15) is 39.1 Å². The number of amides is 2. The van der Waals surface area contributed by atoms with E-state index in [1.165, 1.54) is 29.6 Å². The Balaban J connectivity index is 1.52. The molecule has 0 radical (unpaired) electrons. The second-order valence-corrected chi connectivity index (χ2v) is 10.4. The van der Waals surface area contributed by atoms with Crippen molar-refractivity contribution in [3.8, 4) is 5.75 Å². The van der Waals surface area contributed by atoms with Crippen LogP contribution in [-0.4, -0.2) is 51.3 Å². The molecule has 1 aliphatic heterocycles. The second-order valence-electron chi connectivity index (χ2n) is 8.46. The lowest BCUT2D eigenvalue weighted by atomic mass is 10.1. The minimum Gasteiger partial charge on any atom is -0.496 e. The summed E-state index contributed by atoms with van der Waals surface area (Å²) in [5, 5.41) is 5.63. The van der Waals surface area contributed by atoms with Gasteiger partial charge in [0.25, 0.3) is 11.8 Å². The molecule has 1 fully saturated rings. The number of para-hydroxylation sites is 1. The number of anilines is 1. The van der Waals surface area contributed by atoms with Crippen LogP contribution in [0.3, 0.4) is 0 Å². The summed E-state index contributed by atoms with van der Waals surface area (Å²) < 4.78 is 32.8. The van der Waals surface area contributed by atoms with Gasteiger partial charge in [0.2, 0.25) is 10.0 Å². The van der Waals surface area contributed by atoms with E-state index in [9.17, 15) is 18.0 Å². The summed E-state index contributed by atoms with van der Waals surface area (Å²) in [5.74, 6) is -0.660. The van der Waals surface area contributed by atoms with Crippen molar-refractivity contribution in [2.45, 2.75) is 24.2 Å².